The van der Waals surface area contributed by atoms with Gasteiger partial charge in [0, 0.05) is 5.02 Å². The monoisotopic (exact) mass is 480 g/mol. The SMILES string of the molecule is CCOc1cc(C=NNC(=O)C(C)Oc2ccc(Cl)cc2C)ccc1OC(=O)c1ccccc1. The lowest BCUT2D eigenvalue weighted by molar-refractivity contribution is -0.127. The number of halogens is 1. The molecule has 1 unspecified atom stereocenters. The van der Waals surface area contributed by atoms with Gasteiger partial charge in [-0.25, -0.2) is 10.2 Å². The number of rotatable bonds is 9. The highest BCUT2D eigenvalue weighted by molar-refractivity contribution is 6.30. The summed E-state index contributed by atoms with van der Waals surface area (Å²) in [5.74, 6) is 0.344. The Morgan fingerprint density at radius 3 is 2.47 bits per heavy atom. The fraction of sp³-hybridized carbons (Fsp3) is 0.192. The van der Waals surface area contributed by atoms with Crippen LogP contribution in [0.1, 0.15) is 35.3 Å². The molecule has 1 amide bonds. The molecule has 3 aromatic rings. The van der Waals surface area contributed by atoms with Gasteiger partial charge in [0.15, 0.2) is 17.6 Å². The zero-order chi connectivity index (χ0) is 24.5. The largest absolute Gasteiger partial charge is 0.490 e. The summed E-state index contributed by atoms with van der Waals surface area (Å²) in [4.78, 5) is 24.7. The predicted octanol–water partition coefficient (Wildman–Crippen LogP) is 5.18. The maximum Gasteiger partial charge on any atom is 0.343 e. The molecule has 0 aliphatic heterocycles. The zero-order valence-electron chi connectivity index (χ0n) is 19.1. The third-order valence-electron chi connectivity index (χ3n) is 4.68. The van der Waals surface area contributed by atoms with Gasteiger partial charge in [-0.2, -0.15) is 5.10 Å². The van der Waals surface area contributed by atoms with Crippen LogP contribution in [-0.4, -0.2) is 30.8 Å². The summed E-state index contributed by atoms with van der Waals surface area (Å²) >= 11 is 5.95. The van der Waals surface area contributed by atoms with Crippen LogP contribution in [0.3, 0.4) is 0 Å². The fourth-order valence-corrected chi connectivity index (χ4v) is 3.17. The Morgan fingerprint density at radius 1 is 1.03 bits per heavy atom. The maximum absolute atomic E-state index is 12.4. The van der Waals surface area contributed by atoms with Gasteiger partial charge in [0.1, 0.15) is 5.75 Å². The van der Waals surface area contributed by atoms with E-state index in [1.54, 1.807) is 67.6 Å². The Morgan fingerprint density at radius 2 is 1.76 bits per heavy atom. The van der Waals surface area contributed by atoms with Crippen molar-refractivity contribution < 1.29 is 23.8 Å². The van der Waals surface area contributed by atoms with Crippen molar-refractivity contribution in [2.45, 2.75) is 26.9 Å². The maximum atomic E-state index is 12.4. The summed E-state index contributed by atoms with van der Waals surface area (Å²) in [6, 6.07) is 18.8. The molecule has 0 saturated carbocycles. The van der Waals surface area contributed by atoms with Gasteiger partial charge in [0.2, 0.25) is 0 Å². The molecule has 0 saturated heterocycles. The van der Waals surface area contributed by atoms with Crippen molar-refractivity contribution in [3.8, 4) is 17.2 Å². The van der Waals surface area contributed by atoms with Gasteiger partial charge >= 0.3 is 5.97 Å². The number of hydrazone groups is 1. The van der Waals surface area contributed by atoms with Crippen LogP contribution in [0.15, 0.2) is 71.8 Å². The lowest BCUT2D eigenvalue weighted by Gasteiger charge is -2.15. The van der Waals surface area contributed by atoms with Gasteiger partial charge in [-0.3, -0.25) is 4.79 Å². The average molecular weight is 481 g/mol. The molecular formula is C26H25ClN2O5. The quantitative estimate of drug-likeness (QED) is 0.197. The molecule has 0 aliphatic rings. The summed E-state index contributed by atoms with van der Waals surface area (Å²) in [7, 11) is 0. The van der Waals surface area contributed by atoms with Gasteiger partial charge in [-0.05, 0) is 80.4 Å². The first-order valence-electron chi connectivity index (χ1n) is 10.7. The molecule has 0 aromatic heterocycles. The average Bonchev–Trinajstić information content (AvgIpc) is 2.83. The summed E-state index contributed by atoms with van der Waals surface area (Å²) in [5.41, 5.74) is 4.36. The van der Waals surface area contributed by atoms with E-state index in [-0.39, 0.29) is 5.75 Å². The minimum atomic E-state index is -0.768. The molecule has 0 spiro atoms. The second kappa shape index (κ2) is 11.9. The van der Waals surface area contributed by atoms with E-state index in [9.17, 15) is 9.59 Å². The van der Waals surface area contributed by atoms with Crippen LogP contribution in [0.5, 0.6) is 17.2 Å². The van der Waals surface area contributed by atoms with Crippen molar-refractivity contribution in [2.75, 3.05) is 6.61 Å². The van der Waals surface area contributed by atoms with Crippen molar-refractivity contribution in [3.05, 3.63) is 88.4 Å². The number of hydrogen-bond acceptors (Lipinski definition) is 6. The summed E-state index contributed by atoms with van der Waals surface area (Å²) in [5, 5.41) is 4.59. The first-order chi connectivity index (χ1) is 16.4. The molecule has 176 valence electrons. The number of ether oxygens (including phenoxy) is 3. The number of amides is 1. The minimum Gasteiger partial charge on any atom is -0.490 e. The van der Waals surface area contributed by atoms with Crippen LogP contribution in [-0.2, 0) is 4.79 Å². The van der Waals surface area contributed by atoms with Crippen molar-refractivity contribution >= 4 is 29.7 Å². The van der Waals surface area contributed by atoms with E-state index in [0.29, 0.717) is 34.3 Å². The second-order valence-corrected chi connectivity index (χ2v) is 7.74. The van der Waals surface area contributed by atoms with Crippen LogP contribution in [0.25, 0.3) is 0 Å². The van der Waals surface area contributed by atoms with Gasteiger partial charge in [-0.15, -0.1) is 0 Å². The number of esters is 1. The Balaban J connectivity index is 1.62. The molecule has 3 aromatic carbocycles. The van der Waals surface area contributed by atoms with E-state index in [2.05, 4.69) is 10.5 Å². The summed E-state index contributed by atoms with van der Waals surface area (Å²) in [6.07, 6.45) is 0.694. The van der Waals surface area contributed by atoms with Gasteiger partial charge in [-0.1, -0.05) is 29.8 Å². The smallest absolute Gasteiger partial charge is 0.343 e. The number of nitrogens with one attached hydrogen (secondary N) is 1. The Hall–Kier alpha value is -3.84. The third-order valence-corrected chi connectivity index (χ3v) is 4.91. The van der Waals surface area contributed by atoms with E-state index < -0.39 is 18.0 Å². The van der Waals surface area contributed by atoms with Gasteiger partial charge in [0.05, 0.1) is 18.4 Å². The fourth-order valence-electron chi connectivity index (χ4n) is 2.94. The summed E-state index contributed by atoms with van der Waals surface area (Å²) < 4.78 is 16.8. The Kier molecular flexibility index (Phi) is 8.65. The van der Waals surface area contributed by atoms with Crippen molar-refractivity contribution in [2.24, 2.45) is 5.10 Å². The lowest BCUT2D eigenvalue weighted by atomic mass is 10.2. The molecule has 0 fully saturated rings. The molecule has 34 heavy (non-hydrogen) atoms. The van der Waals surface area contributed by atoms with Gasteiger partial charge < -0.3 is 14.2 Å². The molecule has 1 N–H and O–H groups in total. The predicted molar refractivity (Wildman–Crippen MR) is 131 cm³/mol. The molecule has 8 heteroatoms. The Labute approximate surface area is 203 Å². The van der Waals surface area contributed by atoms with Crippen molar-refractivity contribution in [1.82, 2.24) is 5.43 Å². The molecular weight excluding hydrogens is 456 g/mol. The second-order valence-electron chi connectivity index (χ2n) is 7.30. The number of hydrogen-bond donors (Lipinski definition) is 1. The number of nitrogens with zero attached hydrogens (tertiary/aromatic N) is 1. The van der Waals surface area contributed by atoms with E-state index in [1.807, 2.05) is 19.9 Å². The van der Waals surface area contributed by atoms with E-state index in [0.717, 1.165) is 5.56 Å². The van der Waals surface area contributed by atoms with Crippen LogP contribution in [0, 0.1) is 6.92 Å². The number of aryl methyl sites for hydroxylation is 1. The van der Waals surface area contributed by atoms with Crippen molar-refractivity contribution in [3.63, 3.8) is 0 Å². The molecule has 0 aliphatic carbocycles. The van der Waals surface area contributed by atoms with E-state index >= 15 is 0 Å². The van der Waals surface area contributed by atoms with E-state index in [1.165, 1.54) is 6.21 Å². The zero-order valence-corrected chi connectivity index (χ0v) is 19.8. The van der Waals surface area contributed by atoms with Gasteiger partial charge in [0.25, 0.3) is 5.91 Å². The lowest BCUT2D eigenvalue weighted by Crippen LogP contribution is -2.33. The highest BCUT2D eigenvalue weighted by Crippen LogP contribution is 2.29. The Bertz CT molecular complexity index is 1180. The molecule has 0 radical (unpaired) electrons. The van der Waals surface area contributed by atoms with E-state index in [4.69, 9.17) is 25.8 Å². The third kappa shape index (κ3) is 6.83. The first-order valence-corrected chi connectivity index (χ1v) is 11.0. The van der Waals surface area contributed by atoms with Crippen molar-refractivity contribution in [1.29, 1.82) is 0 Å². The molecule has 0 heterocycles. The van der Waals surface area contributed by atoms with Crippen LogP contribution >= 0.6 is 11.6 Å². The van der Waals surface area contributed by atoms with Crippen LogP contribution in [0.4, 0.5) is 0 Å². The number of benzene rings is 3. The standard InChI is InChI=1S/C26H25ClN2O5/c1-4-32-24-15-19(10-12-23(24)34-26(31)20-8-6-5-7-9-20)16-28-29-25(30)18(3)33-22-13-11-21(27)14-17(22)2/h5-16,18H,4H2,1-3H3,(H,29,30). The highest BCUT2D eigenvalue weighted by atomic mass is 35.5. The number of carbonyl (C=O) groups excluding carboxylic acids is 2. The normalized spacial score (nSPS) is 11.6. The first kappa shape index (κ1) is 24.8. The number of carbonyl (C=O) groups is 2. The van der Waals surface area contributed by atoms with Crippen LogP contribution < -0.4 is 19.6 Å². The summed E-state index contributed by atoms with van der Waals surface area (Å²) in [6.45, 7) is 5.68. The molecule has 0 bridgehead atoms. The highest BCUT2D eigenvalue weighted by Gasteiger charge is 2.16. The van der Waals surface area contributed by atoms with Crippen LogP contribution in [0.2, 0.25) is 5.02 Å². The molecule has 1 atom stereocenters. The topological polar surface area (TPSA) is 86.2 Å². The minimum absolute atomic E-state index is 0.289. The molecule has 3 rings (SSSR count). The molecule has 7 nitrogen and oxygen atoms in total.